The third kappa shape index (κ3) is 4.07. The highest BCUT2D eigenvalue weighted by Crippen LogP contribution is 2.33. The summed E-state index contributed by atoms with van der Waals surface area (Å²) in [5, 5.41) is 8.52. The lowest BCUT2D eigenvalue weighted by molar-refractivity contribution is 0.0680. The van der Waals surface area contributed by atoms with Gasteiger partial charge in [-0.15, -0.1) is 5.10 Å². The van der Waals surface area contributed by atoms with Gasteiger partial charge in [-0.2, -0.15) is 0 Å². The predicted octanol–water partition coefficient (Wildman–Crippen LogP) is 2.76. The molecule has 1 saturated heterocycles. The van der Waals surface area contributed by atoms with Gasteiger partial charge >= 0.3 is 0 Å². The molecule has 0 N–H and O–H groups in total. The predicted molar refractivity (Wildman–Crippen MR) is 99.8 cm³/mol. The molecule has 2 aromatic rings. The maximum Gasteiger partial charge on any atom is 0.253 e. The molecule has 1 amide bonds. The fourth-order valence-corrected chi connectivity index (χ4v) is 3.73. The van der Waals surface area contributed by atoms with Crippen molar-refractivity contribution in [2.24, 2.45) is 11.8 Å². The molecule has 1 fully saturated rings. The van der Waals surface area contributed by atoms with E-state index in [1.54, 1.807) is 6.07 Å². The van der Waals surface area contributed by atoms with Crippen LogP contribution in [-0.2, 0) is 13.0 Å². The number of benzene rings is 1. The van der Waals surface area contributed by atoms with E-state index in [-0.39, 0.29) is 12.7 Å². The highest BCUT2D eigenvalue weighted by molar-refractivity contribution is 5.95. The number of hydrogen-bond donors (Lipinski definition) is 0. The molecule has 0 bridgehead atoms. The molecule has 144 valence electrons. The van der Waals surface area contributed by atoms with Crippen molar-refractivity contribution in [3.63, 3.8) is 0 Å². The van der Waals surface area contributed by atoms with Crippen LogP contribution in [0, 0.1) is 11.8 Å². The van der Waals surface area contributed by atoms with Crippen LogP contribution in [0.5, 0.6) is 11.5 Å². The Morgan fingerprint density at radius 3 is 2.78 bits per heavy atom. The number of hydrogen-bond acceptors (Lipinski definition) is 5. The molecule has 4 rings (SSSR count). The maximum atomic E-state index is 12.8. The molecular weight excluding hydrogens is 344 g/mol. The topological polar surface area (TPSA) is 69.5 Å². The van der Waals surface area contributed by atoms with Crippen LogP contribution in [0.4, 0.5) is 0 Å². The lowest BCUT2D eigenvalue weighted by Gasteiger charge is -2.32. The average Bonchev–Trinajstić information content (AvgIpc) is 3.30. The van der Waals surface area contributed by atoms with Gasteiger partial charge < -0.3 is 14.4 Å². The molecule has 0 saturated carbocycles. The molecule has 7 heteroatoms. The van der Waals surface area contributed by atoms with Crippen molar-refractivity contribution in [2.45, 2.75) is 39.7 Å². The number of nitrogens with zero attached hydrogens (tertiary/aromatic N) is 4. The number of amides is 1. The molecule has 0 radical (unpaired) electrons. The zero-order valence-electron chi connectivity index (χ0n) is 15.9. The van der Waals surface area contributed by atoms with E-state index >= 15 is 0 Å². The minimum Gasteiger partial charge on any atom is -0.454 e. The van der Waals surface area contributed by atoms with Crippen molar-refractivity contribution in [2.75, 3.05) is 19.9 Å². The first-order valence-corrected chi connectivity index (χ1v) is 9.66. The van der Waals surface area contributed by atoms with E-state index in [2.05, 4.69) is 30.4 Å². The van der Waals surface area contributed by atoms with Gasteiger partial charge in [-0.3, -0.25) is 9.48 Å². The Bertz CT molecular complexity index is 809. The first-order valence-electron chi connectivity index (χ1n) is 9.66. The Morgan fingerprint density at radius 1 is 1.22 bits per heavy atom. The molecule has 27 heavy (non-hydrogen) atoms. The second-order valence-corrected chi connectivity index (χ2v) is 7.83. The number of likely N-dealkylation sites (tertiary alicyclic amines) is 1. The number of carbonyl (C=O) groups is 1. The molecule has 1 aromatic carbocycles. The van der Waals surface area contributed by atoms with Gasteiger partial charge in [0.2, 0.25) is 6.79 Å². The molecule has 0 unspecified atom stereocenters. The van der Waals surface area contributed by atoms with E-state index < -0.39 is 0 Å². The van der Waals surface area contributed by atoms with E-state index in [1.165, 1.54) is 0 Å². The van der Waals surface area contributed by atoms with Crippen LogP contribution in [0.25, 0.3) is 0 Å². The van der Waals surface area contributed by atoms with E-state index in [0.717, 1.165) is 44.6 Å². The second kappa shape index (κ2) is 7.58. The smallest absolute Gasteiger partial charge is 0.253 e. The third-order valence-electron chi connectivity index (χ3n) is 5.17. The van der Waals surface area contributed by atoms with Crippen molar-refractivity contribution in [1.82, 2.24) is 19.9 Å². The fraction of sp³-hybridized carbons (Fsp3) is 0.550. The van der Waals surface area contributed by atoms with Crippen molar-refractivity contribution in [3.8, 4) is 11.5 Å². The van der Waals surface area contributed by atoms with Crippen LogP contribution in [0.15, 0.2) is 24.4 Å². The normalized spacial score (nSPS) is 16.9. The van der Waals surface area contributed by atoms with Gasteiger partial charge in [0.1, 0.15) is 0 Å². The van der Waals surface area contributed by atoms with E-state index in [9.17, 15) is 4.79 Å². The van der Waals surface area contributed by atoms with Crippen LogP contribution in [0.1, 0.15) is 42.7 Å². The summed E-state index contributed by atoms with van der Waals surface area (Å²) < 4.78 is 12.6. The summed E-state index contributed by atoms with van der Waals surface area (Å²) in [6.07, 6.45) is 4.98. The Balaban J connectivity index is 1.31. The lowest BCUT2D eigenvalue weighted by atomic mass is 9.96. The second-order valence-electron chi connectivity index (χ2n) is 7.83. The minimum absolute atomic E-state index is 0.0618. The molecule has 0 atom stereocenters. The Kier molecular flexibility index (Phi) is 5.01. The minimum atomic E-state index is 0.0618. The summed E-state index contributed by atoms with van der Waals surface area (Å²) in [6.45, 7) is 7.01. The quantitative estimate of drug-likeness (QED) is 0.809. The van der Waals surface area contributed by atoms with Crippen molar-refractivity contribution in [1.29, 1.82) is 0 Å². The molecule has 7 nitrogen and oxygen atoms in total. The third-order valence-corrected chi connectivity index (χ3v) is 5.17. The summed E-state index contributed by atoms with van der Waals surface area (Å²) in [4.78, 5) is 14.7. The number of piperidine rings is 1. The van der Waals surface area contributed by atoms with Gasteiger partial charge in [0, 0.05) is 31.4 Å². The summed E-state index contributed by atoms with van der Waals surface area (Å²) in [7, 11) is 0. The van der Waals surface area contributed by atoms with E-state index in [0.29, 0.717) is 28.9 Å². The lowest BCUT2D eigenvalue weighted by Crippen LogP contribution is -2.39. The van der Waals surface area contributed by atoms with Gasteiger partial charge in [-0.25, -0.2) is 0 Å². The van der Waals surface area contributed by atoms with Crippen LogP contribution >= 0.6 is 0 Å². The summed E-state index contributed by atoms with van der Waals surface area (Å²) >= 11 is 0. The van der Waals surface area contributed by atoms with Gasteiger partial charge in [-0.05, 0) is 49.3 Å². The first kappa shape index (κ1) is 17.8. The summed E-state index contributed by atoms with van der Waals surface area (Å²) in [5.74, 6) is 2.53. The van der Waals surface area contributed by atoms with Crippen LogP contribution in [0.3, 0.4) is 0 Å². The SMILES string of the molecule is CC(C)Cc1cn(CC2CCN(C(=O)c3ccc4c(c3)OCO4)CC2)nn1. The van der Waals surface area contributed by atoms with Gasteiger partial charge in [0.15, 0.2) is 11.5 Å². The van der Waals surface area contributed by atoms with Crippen molar-refractivity contribution >= 4 is 5.91 Å². The number of ether oxygens (including phenoxy) is 2. The Hall–Kier alpha value is -2.57. The molecule has 2 aliphatic rings. The van der Waals surface area contributed by atoms with Crippen LogP contribution in [0.2, 0.25) is 0 Å². The Labute approximate surface area is 159 Å². The summed E-state index contributed by atoms with van der Waals surface area (Å²) in [6, 6.07) is 5.40. The van der Waals surface area contributed by atoms with Gasteiger partial charge in [0.25, 0.3) is 5.91 Å². The summed E-state index contributed by atoms with van der Waals surface area (Å²) in [5.41, 5.74) is 1.72. The molecule has 1 aromatic heterocycles. The highest BCUT2D eigenvalue weighted by Gasteiger charge is 2.25. The fourth-order valence-electron chi connectivity index (χ4n) is 3.73. The molecule has 0 aliphatic carbocycles. The van der Waals surface area contributed by atoms with E-state index in [4.69, 9.17) is 9.47 Å². The molecular formula is C20H26N4O3. The number of carbonyl (C=O) groups excluding carboxylic acids is 1. The van der Waals surface area contributed by atoms with Gasteiger partial charge in [-0.1, -0.05) is 19.1 Å². The zero-order valence-corrected chi connectivity index (χ0v) is 15.9. The van der Waals surface area contributed by atoms with Crippen molar-refractivity contribution < 1.29 is 14.3 Å². The number of fused-ring (bicyclic) bond motifs is 1. The standard InChI is InChI=1S/C20H26N4O3/c1-14(2)9-17-12-24(22-21-17)11-15-5-7-23(8-6-15)20(25)16-3-4-18-19(10-16)27-13-26-18/h3-4,10,12,14-15H,5-9,11,13H2,1-2H3. The van der Waals surface area contributed by atoms with Crippen LogP contribution < -0.4 is 9.47 Å². The van der Waals surface area contributed by atoms with Crippen molar-refractivity contribution in [3.05, 3.63) is 35.7 Å². The van der Waals surface area contributed by atoms with Crippen LogP contribution in [-0.4, -0.2) is 45.7 Å². The molecule has 0 spiro atoms. The van der Waals surface area contributed by atoms with Gasteiger partial charge in [0.05, 0.1) is 5.69 Å². The number of aromatic nitrogens is 3. The number of rotatable bonds is 5. The molecule has 3 heterocycles. The van der Waals surface area contributed by atoms with E-state index in [1.807, 2.05) is 21.7 Å². The maximum absolute atomic E-state index is 12.8. The Morgan fingerprint density at radius 2 is 2.00 bits per heavy atom. The average molecular weight is 370 g/mol. The first-order chi connectivity index (χ1) is 13.1. The largest absolute Gasteiger partial charge is 0.454 e. The zero-order chi connectivity index (χ0) is 18.8. The molecule has 2 aliphatic heterocycles. The highest BCUT2D eigenvalue weighted by atomic mass is 16.7. The monoisotopic (exact) mass is 370 g/mol.